The Hall–Kier alpha value is -5.50. The van der Waals surface area contributed by atoms with Crippen LogP contribution < -0.4 is 19.5 Å². The molecule has 8 heteroatoms. The second-order valence-electron chi connectivity index (χ2n) is 11.0. The summed E-state index contributed by atoms with van der Waals surface area (Å²) in [5.41, 5.74) is 5.64. The lowest BCUT2D eigenvalue weighted by Crippen LogP contribution is -2.11. The third-order valence-electron chi connectivity index (χ3n) is 7.90. The number of hydrogen-bond donors (Lipinski definition) is 1. The van der Waals surface area contributed by atoms with E-state index in [0.29, 0.717) is 31.1 Å². The molecule has 0 aliphatic carbocycles. The molecule has 0 aliphatic rings. The van der Waals surface area contributed by atoms with Gasteiger partial charge in [0.2, 0.25) is 5.91 Å². The standard InChI is InChI=1S/C39H40N2O6/c1-5-46-38(43)11-8-24-47-36-10-7-6-9-34(36)40-37(42)25-27(2)30-16-21-35-31(26-30)22-23-41(35)39(28-12-17-32(44-3)18-13-28)29-14-19-33(45-4)20-15-29/h6-7,9-10,12-23,25-26,39H,5,8,11,24H2,1-4H3,(H,40,42)/b27-25+. The number of ether oxygens (including phenoxy) is 4. The molecule has 1 heterocycles. The number of para-hydroxylation sites is 2. The highest BCUT2D eigenvalue weighted by atomic mass is 16.5. The van der Waals surface area contributed by atoms with Crippen molar-refractivity contribution in [2.45, 2.75) is 32.7 Å². The van der Waals surface area contributed by atoms with Crippen LogP contribution in [0.3, 0.4) is 0 Å². The number of nitrogens with one attached hydrogen (secondary N) is 1. The van der Waals surface area contributed by atoms with Gasteiger partial charge in [0, 0.05) is 29.6 Å². The molecule has 242 valence electrons. The van der Waals surface area contributed by atoms with Crippen LogP contribution in [0, 0.1) is 0 Å². The molecule has 1 aromatic heterocycles. The monoisotopic (exact) mass is 632 g/mol. The molecule has 0 radical (unpaired) electrons. The topological polar surface area (TPSA) is 88.0 Å². The van der Waals surface area contributed by atoms with Crippen LogP contribution in [0.5, 0.6) is 17.2 Å². The number of carbonyl (C=O) groups is 2. The third kappa shape index (κ3) is 8.21. The van der Waals surface area contributed by atoms with Crippen LogP contribution in [-0.2, 0) is 14.3 Å². The van der Waals surface area contributed by atoms with Gasteiger partial charge in [0.1, 0.15) is 17.2 Å². The van der Waals surface area contributed by atoms with Gasteiger partial charge in [-0.1, -0.05) is 42.5 Å². The van der Waals surface area contributed by atoms with Crippen molar-refractivity contribution in [3.05, 3.63) is 126 Å². The minimum Gasteiger partial charge on any atom is -0.497 e. The lowest BCUT2D eigenvalue weighted by Gasteiger charge is -2.22. The van der Waals surface area contributed by atoms with Gasteiger partial charge in [-0.3, -0.25) is 9.59 Å². The molecule has 5 aromatic rings. The number of hydrogen-bond acceptors (Lipinski definition) is 6. The van der Waals surface area contributed by atoms with Crippen molar-refractivity contribution in [3.63, 3.8) is 0 Å². The normalized spacial score (nSPS) is 11.4. The molecule has 0 bridgehead atoms. The van der Waals surface area contributed by atoms with Crippen LogP contribution in [0.15, 0.2) is 109 Å². The van der Waals surface area contributed by atoms with Gasteiger partial charge in [0.05, 0.1) is 39.2 Å². The zero-order valence-corrected chi connectivity index (χ0v) is 27.2. The Labute approximate surface area is 275 Å². The Bertz CT molecular complexity index is 1790. The summed E-state index contributed by atoms with van der Waals surface area (Å²) in [5.74, 6) is 1.64. The molecule has 4 aromatic carbocycles. The number of fused-ring (bicyclic) bond motifs is 1. The van der Waals surface area contributed by atoms with E-state index in [-0.39, 0.29) is 24.3 Å². The zero-order valence-electron chi connectivity index (χ0n) is 27.2. The summed E-state index contributed by atoms with van der Waals surface area (Å²) in [6, 6.07) is 31.8. The summed E-state index contributed by atoms with van der Waals surface area (Å²) in [7, 11) is 3.33. The average Bonchev–Trinajstić information content (AvgIpc) is 3.51. The number of anilines is 1. The van der Waals surface area contributed by atoms with E-state index in [2.05, 4.69) is 58.5 Å². The number of nitrogens with zero attached hydrogens (tertiary/aromatic N) is 1. The molecule has 5 rings (SSSR count). The predicted octanol–water partition coefficient (Wildman–Crippen LogP) is 8.06. The Morgan fingerprint density at radius 3 is 2.15 bits per heavy atom. The molecule has 1 amide bonds. The van der Waals surface area contributed by atoms with E-state index >= 15 is 0 Å². The first-order valence-electron chi connectivity index (χ1n) is 15.7. The predicted molar refractivity (Wildman–Crippen MR) is 185 cm³/mol. The largest absolute Gasteiger partial charge is 0.497 e. The van der Waals surface area contributed by atoms with E-state index in [1.165, 1.54) is 0 Å². The molecule has 1 N–H and O–H groups in total. The number of rotatable bonds is 14. The van der Waals surface area contributed by atoms with Crippen molar-refractivity contribution in [2.75, 3.05) is 32.8 Å². The Morgan fingerprint density at radius 1 is 0.851 bits per heavy atom. The second-order valence-corrected chi connectivity index (χ2v) is 11.0. The van der Waals surface area contributed by atoms with Gasteiger partial charge in [0.25, 0.3) is 0 Å². The van der Waals surface area contributed by atoms with Crippen molar-refractivity contribution >= 4 is 34.0 Å². The SMILES string of the molecule is CCOC(=O)CCCOc1ccccc1NC(=O)/C=C(\C)c1ccc2c(ccn2C(c2ccc(OC)cc2)c2ccc(OC)cc2)c1. The number of aromatic nitrogens is 1. The smallest absolute Gasteiger partial charge is 0.305 e. The molecule has 8 nitrogen and oxygen atoms in total. The van der Waals surface area contributed by atoms with E-state index in [9.17, 15) is 9.59 Å². The number of allylic oxidation sites excluding steroid dienone is 1. The quantitative estimate of drug-likeness (QED) is 0.0757. The first-order valence-corrected chi connectivity index (χ1v) is 15.7. The van der Waals surface area contributed by atoms with Gasteiger partial charge in [-0.15, -0.1) is 0 Å². The van der Waals surface area contributed by atoms with Gasteiger partial charge < -0.3 is 28.8 Å². The maximum atomic E-state index is 13.1. The first kappa shape index (κ1) is 32.9. The van der Waals surface area contributed by atoms with E-state index in [0.717, 1.165) is 44.7 Å². The highest BCUT2D eigenvalue weighted by molar-refractivity contribution is 6.05. The van der Waals surface area contributed by atoms with E-state index in [1.54, 1.807) is 39.4 Å². The van der Waals surface area contributed by atoms with Crippen molar-refractivity contribution in [1.29, 1.82) is 0 Å². The van der Waals surface area contributed by atoms with Crippen LogP contribution in [0.2, 0.25) is 0 Å². The molecule has 0 atom stereocenters. The summed E-state index contributed by atoms with van der Waals surface area (Å²) in [6.07, 6.45) is 4.49. The fraction of sp³-hybridized carbons (Fsp3) is 0.231. The molecule has 47 heavy (non-hydrogen) atoms. The summed E-state index contributed by atoms with van der Waals surface area (Å²) in [6.45, 7) is 4.39. The fourth-order valence-corrected chi connectivity index (χ4v) is 5.50. The number of carbonyl (C=O) groups excluding carboxylic acids is 2. The number of amides is 1. The first-order chi connectivity index (χ1) is 22.9. The Morgan fingerprint density at radius 2 is 1.51 bits per heavy atom. The summed E-state index contributed by atoms with van der Waals surface area (Å²) in [4.78, 5) is 24.7. The number of benzene rings is 4. The molecule has 0 fully saturated rings. The maximum absolute atomic E-state index is 13.1. The maximum Gasteiger partial charge on any atom is 0.305 e. The Kier molecular flexibility index (Phi) is 11.0. The molecular formula is C39H40N2O6. The molecule has 0 saturated carbocycles. The van der Waals surface area contributed by atoms with Gasteiger partial charge in [-0.25, -0.2) is 0 Å². The third-order valence-corrected chi connectivity index (χ3v) is 7.90. The Balaban J connectivity index is 1.34. The van der Waals surface area contributed by atoms with Gasteiger partial charge >= 0.3 is 5.97 Å². The van der Waals surface area contributed by atoms with E-state index < -0.39 is 0 Å². The summed E-state index contributed by atoms with van der Waals surface area (Å²) in [5, 5.41) is 4.00. The van der Waals surface area contributed by atoms with Crippen LogP contribution in [0.1, 0.15) is 49.4 Å². The van der Waals surface area contributed by atoms with Gasteiger partial charge in [-0.2, -0.15) is 0 Å². The van der Waals surface area contributed by atoms with Crippen LogP contribution in [-0.4, -0.2) is 43.9 Å². The molecular weight excluding hydrogens is 592 g/mol. The lowest BCUT2D eigenvalue weighted by atomic mass is 9.97. The number of esters is 1. The van der Waals surface area contributed by atoms with Crippen LogP contribution >= 0.6 is 0 Å². The van der Waals surface area contributed by atoms with Crippen molar-refractivity contribution in [1.82, 2.24) is 4.57 Å². The second kappa shape index (κ2) is 15.7. The minimum atomic E-state index is -0.262. The van der Waals surface area contributed by atoms with Crippen molar-refractivity contribution in [2.24, 2.45) is 0 Å². The van der Waals surface area contributed by atoms with Crippen LogP contribution in [0.4, 0.5) is 5.69 Å². The minimum absolute atomic E-state index is 0.0787. The molecule has 0 spiro atoms. The molecule has 0 aliphatic heterocycles. The van der Waals surface area contributed by atoms with Crippen molar-refractivity contribution in [3.8, 4) is 17.2 Å². The highest BCUT2D eigenvalue weighted by Gasteiger charge is 2.19. The van der Waals surface area contributed by atoms with E-state index in [4.69, 9.17) is 18.9 Å². The number of methoxy groups -OCH3 is 2. The zero-order chi connectivity index (χ0) is 33.2. The fourth-order valence-electron chi connectivity index (χ4n) is 5.50. The van der Waals surface area contributed by atoms with Gasteiger partial charge in [-0.05, 0) is 97.1 Å². The highest BCUT2D eigenvalue weighted by Crippen LogP contribution is 2.34. The summed E-state index contributed by atoms with van der Waals surface area (Å²) < 4.78 is 23.9. The summed E-state index contributed by atoms with van der Waals surface area (Å²) >= 11 is 0. The van der Waals surface area contributed by atoms with Gasteiger partial charge in [0.15, 0.2) is 0 Å². The average molecular weight is 633 g/mol. The molecule has 0 saturated heterocycles. The van der Waals surface area contributed by atoms with Crippen LogP contribution in [0.25, 0.3) is 16.5 Å². The molecule has 0 unspecified atom stereocenters. The van der Waals surface area contributed by atoms with Crippen molar-refractivity contribution < 1.29 is 28.5 Å². The lowest BCUT2D eigenvalue weighted by molar-refractivity contribution is -0.143. The van der Waals surface area contributed by atoms with E-state index in [1.807, 2.05) is 49.4 Å².